The van der Waals surface area contributed by atoms with Gasteiger partial charge in [-0.2, -0.15) is 0 Å². The van der Waals surface area contributed by atoms with Crippen molar-refractivity contribution < 1.29 is 9.59 Å². The number of benzene rings is 3. The summed E-state index contributed by atoms with van der Waals surface area (Å²) in [6.45, 7) is 8.68. The van der Waals surface area contributed by atoms with Gasteiger partial charge in [-0.05, 0) is 45.5 Å². The van der Waals surface area contributed by atoms with Gasteiger partial charge in [0.15, 0.2) is 0 Å². The molecule has 0 aliphatic carbocycles. The largest absolute Gasteiger partial charge is 0.288 e. The van der Waals surface area contributed by atoms with Crippen molar-refractivity contribution in [3.05, 3.63) is 70.8 Å². The van der Waals surface area contributed by atoms with E-state index in [-0.39, 0.29) is 11.8 Å². The Bertz CT molecular complexity index is 1070. The molecule has 136 valence electrons. The lowest BCUT2D eigenvalue weighted by molar-refractivity contribution is 0.0845. The fourth-order valence-corrected chi connectivity index (χ4v) is 4.11. The SMILES string of the molecule is CC(C)c1cccc(C(C)C)c1-c1ccc2cccc3c2c1C(=O)NC3=O. The van der Waals surface area contributed by atoms with E-state index in [9.17, 15) is 9.59 Å². The van der Waals surface area contributed by atoms with Crippen LogP contribution < -0.4 is 5.32 Å². The Hall–Kier alpha value is -2.94. The van der Waals surface area contributed by atoms with Gasteiger partial charge in [-0.25, -0.2) is 0 Å². The lowest BCUT2D eigenvalue weighted by Crippen LogP contribution is -2.35. The minimum absolute atomic E-state index is 0.312. The molecule has 0 bridgehead atoms. The van der Waals surface area contributed by atoms with E-state index in [4.69, 9.17) is 0 Å². The quantitative estimate of drug-likeness (QED) is 0.617. The van der Waals surface area contributed by atoms with Crippen LogP contribution >= 0.6 is 0 Å². The highest BCUT2D eigenvalue weighted by Gasteiger charge is 2.29. The van der Waals surface area contributed by atoms with Crippen molar-refractivity contribution >= 4 is 22.6 Å². The summed E-state index contributed by atoms with van der Waals surface area (Å²) in [5.41, 5.74) is 5.65. The van der Waals surface area contributed by atoms with Crippen LogP contribution in [0.15, 0.2) is 48.5 Å². The second-order valence-electron chi connectivity index (χ2n) is 7.80. The number of nitrogens with one attached hydrogen (secondary N) is 1. The predicted molar refractivity (Wildman–Crippen MR) is 109 cm³/mol. The van der Waals surface area contributed by atoms with Crippen molar-refractivity contribution in [2.45, 2.75) is 39.5 Å². The summed E-state index contributed by atoms with van der Waals surface area (Å²) in [6, 6.07) is 16.0. The molecule has 1 aliphatic heterocycles. The van der Waals surface area contributed by atoms with Crippen LogP contribution in [0.2, 0.25) is 0 Å². The third-order valence-electron chi connectivity index (χ3n) is 5.39. The molecule has 0 fully saturated rings. The lowest BCUT2D eigenvalue weighted by Gasteiger charge is -2.24. The molecule has 27 heavy (non-hydrogen) atoms. The van der Waals surface area contributed by atoms with Crippen LogP contribution in [0.25, 0.3) is 21.9 Å². The number of hydrogen-bond donors (Lipinski definition) is 1. The minimum atomic E-state index is -0.323. The fraction of sp³-hybridized carbons (Fsp3) is 0.250. The second-order valence-corrected chi connectivity index (χ2v) is 7.80. The van der Waals surface area contributed by atoms with Crippen molar-refractivity contribution in [3.8, 4) is 11.1 Å². The Labute approximate surface area is 159 Å². The lowest BCUT2D eigenvalue weighted by atomic mass is 9.81. The molecule has 2 amide bonds. The predicted octanol–water partition coefficient (Wildman–Crippen LogP) is 5.64. The van der Waals surface area contributed by atoms with E-state index in [2.05, 4.69) is 51.2 Å². The van der Waals surface area contributed by atoms with Crippen LogP contribution in [-0.4, -0.2) is 11.8 Å². The first-order chi connectivity index (χ1) is 12.9. The molecular weight excluding hydrogens is 334 g/mol. The molecule has 1 aliphatic rings. The van der Waals surface area contributed by atoms with Gasteiger partial charge in [0.05, 0.1) is 5.56 Å². The van der Waals surface area contributed by atoms with Gasteiger partial charge in [0, 0.05) is 10.9 Å². The summed E-state index contributed by atoms with van der Waals surface area (Å²) in [4.78, 5) is 25.3. The Kier molecular flexibility index (Phi) is 4.11. The number of carbonyl (C=O) groups excluding carboxylic acids is 2. The Morgan fingerprint density at radius 2 is 1.30 bits per heavy atom. The van der Waals surface area contributed by atoms with Crippen molar-refractivity contribution in [2.75, 3.05) is 0 Å². The molecule has 3 aromatic rings. The van der Waals surface area contributed by atoms with Crippen LogP contribution in [-0.2, 0) is 0 Å². The summed E-state index contributed by atoms with van der Waals surface area (Å²) >= 11 is 0. The number of imide groups is 1. The molecule has 0 unspecified atom stereocenters. The first-order valence-corrected chi connectivity index (χ1v) is 9.44. The average molecular weight is 357 g/mol. The topological polar surface area (TPSA) is 46.2 Å². The third-order valence-corrected chi connectivity index (χ3v) is 5.39. The number of carbonyl (C=O) groups is 2. The molecule has 0 radical (unpaired) electrons. The summed E-state index contributed by atoms with van der Waals surface area (Å²) < 4.78 is 0. The summed E-state index contributed by atoms with van der Waals surface area (Å²) in [5.74, 6) is 0.0132. The van der Waals surface area contributed by atoms with Crippen molar-refractivity contribution in [2.24, 2.45) is 0 Å². The highest BCUT2D eigenvalue weighted by molar-refractivity contribution is 6.28. The van der Waals surface area contributed by atoms with Gasteiger partial charge in [0.2, 0.25) is 0 Å². The van der Waals surface area contributed by atoms with Crippen molar-refractivity contribution in [1.29, 1.82) is 0 Å². The Balaban J connectivity index is 2.16. The van der Waals surface area contributed by atoms with Crippen LogP contribution in [0.5, 0.6) is 0 Å². The molecule has 0 aromatic heterocycles. The normalized spacial score (nSPS) is 13.6. The highest BCUT2D eigenvalue weighted by Crippen LogP contribution is 2.41. The molecule has 0 saturated carbocycles. The third kappa shape index (κ3) is 2.66. The molecule has 3 heteroatoms. The van der Waals surface area contributed by atoms with Crippen LogP contribution in [0.3, 0.4) is 0 Å². The second kappa shape index (κ2) is 6.34. The van der Waals surface area contributed by atoms with Crippen molar-refractivity contribution in [1.82, 2.24) is 5.32 Å². The van der Waals surface area contributed by atoms with E-state index >= 15 is 0 Å². The molecule has 1 N–H and O–H groups in total. The van der Waals surface area contributed by atoms with Crippen LogP contribution in [0.4, 0.5) is 0 Å². The van der Waals surface area contributed by atoms with Crippen molar-refractivity contribution in [3.63, 3.8) is 0 Å². The maximum absolute atomic E-state index is 12.9. The molecule has 1 heterocycles. The van der Waals surface area contributed by atoms with Gasteiger partial charge in [-0.15, -0.1) is 0 Å². The van der Waals surface area contributed by atoms with Crippen LogP contribution in [0.1, 0.15) is 71.4 Å². The summed E-state index contributed by atoms with van der Waals surface area (Å²) in [7, 11) is 0. The van der Waals surface area contributed by atoms with E-state index in [1.165, 1.54) is 11.1 Å². The van der Waals surface area contributed by atoms with E-state index in [0.29, 0.717) is 23.0 Å². The molecule has 3 aromatic carbocycles. The fourth-order valence-electron chi connectivity index (χ4n) is 4.11. The van der Waals surface area contributed by atoms with E-state index in [1.807, 2.05) is 24.3 Å². The smallest absolute Gasteiger partial charge is 0.259 e. The maximum Gasteiger partial charge on any atom is 0.259 e. The molecule has 4 rings (SSSR count). The molecule has 0 saturated heterocycles. The summed E-state index contributed by atoms with van der Waals surface area (Å²) in [6.07, 6.45) is 0. The molecule has 3 nitrogen and oxygen atoms in total. The zero-order valence-corrected chi connectivity index (χ0v) is 16.1. The zero-order chi connectivity index (χ0) is 19.3. The number of rotatable bonds is 3. The van der Waals surface area contributed by atoms with E-state index in [0.717, 1.165) is 21.9 Å². The number of amides is 2. The van der Waals surface area contributed by atoms with Gasteiger partial charge in [0.1, 0.15) is 0 Å². The monoisotopic (exact) mass is 357 g/mol. The van der Waals surface area contributed by atoms with Gasteiger partial charge in [0.25, 0.3) is 11.8 Å². The minimum Gasteiger partial charge on any atom is -0.288 e. The molecule has 0 atom stereocenters. The van der Waals surface area contributed by atoms with Gasteiger partial charge in [-0.3, -0.25) is 14.9 Å². The first kappa shape index (κ1) is 17.5. The van der Waals surface area contributed by atoms with Gasteiger partial charge < -0.3 is 0 Å². The van der Waals surface area contributed by atoms with E-state index in [1.54, 1.807) is 6.07 Å². The first-order valence-electron chi connectivity index (χ1n) is 9.44. The van der Waals surface area contributed by atoms with Gasteiger partial charge in [-0.1, -0.05) is 70.2 Å². The van der Waals surface area contributed by atoms with Gasteiger partial charge >= 0.3 is 0 Å². The Morgan fingerprint density at radius 1 is 0.667 bits per heavy atom. The standard InChI is InChI=1S/C24H23NO2/c1-13(2)16-8-6-9-17(14(3)4)21(16)18-12-11-15-7-5-10-19-20(15)22(18)24(27)25-23(19)26/h5-14H,1-4H3,(H,25,26,27). The average Bonchev–Trinajstić information content (AvgIpc) is 2.64. The maximum atomic E-state index is 12.9. The molecular formula is C24H23NO2. The van der Waals surface area contributed by atoms with Crippen LogP contribution in [0, 0.1) is 0 Å². The highest BCUT2D eigenvalue weighted by atomic mass is 16.2. The number of hydrogen-bond acceptors (Lipinski definition) is 2. The zero-order valence-electron chi connectivity index (χ0n) is 16.1. The summed E-state index contributed by atoms with van der Waals surface area (Å²) in [5, 5.41) is 4.21. The van der Waals surface area contributed by atoms with E-state index < -0.39 is 0 Å². The molecule has 0 spiro atoms. The Morgan fingerprint density at radius 3 is 1.93 bits per heavy atom.